The highest BCUT2D eigenvalue weighted by Gasteiger charge is 2.12. The van der Waals surface area contributed by atoms with Gasteiger partial charge in [-0.15, -0.1) is 0 Å². The van der Waals surface area contributed by atoms with Gasteiger partial charge in [-0.25, -0.2) is 0 Å². The number of benzene rings is 2. The molecule has 2 aromatic rings. The normalized spacial score (nSPS) is 15.6. The van der Waals surface area contributed by atoms with Crippen LogP contribution >= 0.6 is 0 Å². The SMILES string of the molecule is C(=NOCc1ccccc1-c1ccccc1)C1CCCC1. The van der Waals surface area contributed by atoms with Gasteiger partial charge in [-0.05, 0) is 35.4 Å². The highest BCUT2D eigenvalue weighted by atomic mass is 16.6. The van der Waals surface area contributed by atoms with Crippen molar-refractivity contribution in [3.05, 3.63) is 60.2 Å². The van der Waals surface area contributed by atoms with Crippen LogP contribution in [0, 0.1) is 5.92 Å². The Balaban J connectivity index is 1.65. The van der Waals surface area contributed by atoms with Gasteiger partial charge in [0.25, 0.3) is 0 Å². The van der Waals surface area contributed by atoms with Crippen LogP contribution in [-0.4, -0.2) is 6.21 Å². The van der Waals surface area contributed by atoms with E-state index in [1.54, 1.807) is 0 Å². The van der Waals surface area contributed by atoms with E-state index < -0.39 is 0 Å². The lowest BCUT2D eigenvalue weighted by molar-refractivity contribution is 0.131. The molecule has 0 bridgehead atoms. The molecule has 0 radical (unpaired) electrons. The van der Waals surface area contributed by atoms with Gasteiger partial charge in [-0.2, -0.15) is 0 Å². The molecule has 0 saturated heterocycles. The van der Waals surface area contributed by atoms with Crippen molar-refractivity contribution in [1.29, 1.82) is 0 Å². The molecule has 108 valence electrons. The number of oxime groups is 1. The minimum atomic E-state index is 0.522. The maximum Gasteiger partial charge on any atom is 0.142 e. The molecule has 21 heavy (non-hydrogen) atoms. The van der Waals surface area contributed by atoms with Crippen LogP contribution < -0.4 is 0 Å². The fourth-order valence-corrected chi connectivity index (χ4v) is 2.89. The summed E-state index contributed by atoms with van der Waals surface area (Å²) in [5.41, 5.74) is 3.61. The molecule has 0 unspecified atom stereocenters. The van der Waals surface area contributed by atoms with Crippen molar-refractivity contribution >= 4 is 6.21 Å². The number of hydrogen-bond donors (Lipinski definition) is 0. The van der Waals surface area contributed by atoms with Crippen LogP contribution in [0.25, 0.3) is 11.1 Å². The highest BCUT2D eigenvalue weighted by molar-refractivity contribution is 5.67. The van der Waals surface area contributed by atoms with Crippen LogP contribution in [0.15, 0.2) is 59.8 Å². The van der Waals surface area contributed by atoms with Crippen LogP contribution in [0.2, 0.25) is 0 Å². The molecule has 2 nitrogen and oxygen atoms in total. The highest BCUT2D eigenvalue weighted by Crippen LogP contribution is 2.25. The molecule has 0 amide bonds. The van der Waals surface area contributed by atoms with E-state index in [4.69, 9.17) is 4.84 Å². The van der Waals surface area contributed by atoms with E-state index in [9.17, 15) is 0 Å². The topological polar surface area (TPSA) is 21.6 Å². The first-order valence-corrected chi connectivity index (χ1v) is 7.72. The lowest BCUT2D eigenvalue weighted by atomic mass is 10.0. The first kappa shape index (κ1) is 13.9. The van der Waals surface area contributed by atoms with Crippen LogP contribution in [0.5, 0.6) is 0 Å². The summed E-state index contributed by atoms with van der Waals surface area (Å²) in [6.45, 7) is 0.522. The molecule has 0 atom stereocenters. The third kappa shape index (κ3) is 3.72. The van der Waals surface area contributed by atoms with Gasteiger partial charge in [-0.1, -0.05) is 72.6 Å². The monoisotopic (exact) mass is 279 g/mol. The minimum Gasteiger partial charge on any atom is -0.391 e. The Bertz CT molecular complexity index is 586. The number of hydrogen-bond acceptors (Lipinski definition) is 2. The maximum atomic E-state index is 5.51. The van der Waals surface area contributed by atoms with Crippen molar-refractivity contribution in [3.8, 4) is 11.1 Å². The molecule has 0 heterocycles. The van der Waals surface area contributed by atoms with Crippen LogP contribution in [0.3, 0.4) is 0 Å². The molecule has 2 heteroatoms. The molecule has 1 saturated carbocycles. The second-order valence-electron chi connectivity index (χ2n) is 5.60. The van der Waals surface area contributed by atoms with Crippen LogP contribution in [0.1, 0.15) is 31.2 Å². The summed E-state index contributed by atoms with van der Waals surface area (Å²) >= 11 is 0. The van der Waals surface area contributed by atoms with Crippen molar-refractivity contribution in [2.45, 2.75) is 32.3 Å². The van der Waals surface area contributed by atoms with Crippen LogP contribution in [-0.2, 0) is 11.4 Å². The van der Waals surface area contributed by atoms with E-state index in [-0.39, 0.29) is 0 Å². The standard InChI is InChI=1S/C19H21NO/c1-2-10-17(11-3-1)19-13-7-6-12-18(19)15-21-20-14-16-8-4-5-9-16/h1-3,6-7,10-14,16H,4-5,8-9,15H2. The first-order valence-electron chi connectivity index (χ1n) is 7.72. The van der Waals surface area contributed by atoms with Gasteiger partial charge in [0.15, 0.2) is 0 Å². The molecule has 3 rings (SSSR count). The lowest BCUT2D eigenvalue weighted by Crippen LogP contribution is -1.96. The Morgan fingerprint density at radius 3 is 2.48 bits per heavy atom. The average molecular weight is 279 g/mol. The summed E-state index contributed by atoms with van der Waals surface area (Å²) in [7, 11) is 0. The molecule has 0 N–H and O–H groups in total. The number of nitrogens with zero attached hydrogens (tertiary/aromatic N) is 1. The quantitative estimate of drug-likeness (QED) is 0.554. The zero-order valence-electron chi connectivity index (χ0n) is 12.2. The third-order valence-corrected chi connectivity index (χ3v) is 4.07. The van der Waals surface area contributed by atoms with Crippen molar-refractivity contribution in [2.75, 3.05) is 0 Å². The van der Waals surface area contributed by atoms with Crippen molar-refractivity contribution in [1.82, 2.24) is 0 Å². The molecule has 0 aromatic heterocycles. The van der Waals surface area contributed by atoms with Gasteiger partial charge in [0, 0.05) is 6.21 Å². The summed E-state index contributed by atoms with van der Waals surface area (Å²) in [5.74, 6) is 0.620. The van der Waals surface area contributed by atoms with Crippen LogP contribution in [0.4, 0.5) is 0 Å². The van der Waals surface area contributed by atoms with E-state index in [0.717, 1.165) is 0 Å². The summed E-state index contributed by atoms with van der Waals surface area (Å²) in [4.78, 5) is 5.51. The molecular weight excluding hydrogens is 258 g/mol. The maximum absolute atomic E-state index is 5.51. The number of rotatable bonds is 5. The second-order valence-corrected chi connectivity index (χ2v) is 5.60. The minimum absolute atomic E-state index is 0.522. The fraction of sp³-hybridized carbons (Fsp3) is 0.316. The first-order chi connectivity index (χ1) is 10.4. The van der Waals surface area contributed by atoms with E-state index in [0.29, 0.717) is 12.5 Å². The lowest BCUT2D eigenvalue weighted by Gasteiger charge is -2.08. The van der Waals surface area contributed by atoms with Gasteiger partial charge in [0.05, 0.1) is 0 Å². The third-order valence-electron chi connectivity index (χ3n) is 4.07. The molecular formula is C19H21NO. The van der Waals surface area contributed by atoms with Crippen molar-refractivity contribution in [2.24, 2.45) is 11.1 Å². The Morgan fingerprint density at radius 2 is 1.67 bits per heavy atom. The van der Waals surface area contributed by atoms with E-state index in [1.165, 1.54) is 42.4 Å². The summed E-state index contributed by atoms with van der Waals surface area (Å²) < 4.78 is 0. The Morgan fingerprint density at radius 1 is 0.952 bits per heavy atom. The summed E-state index contributed by atoms with van der Waals surface area (Å²) in [6.07, 6.45) is 7.15. The predicted octanol–water partition coefficient (Wildman–Crippen LogP) is 5.05. The zero-order chi connectivity index (χ0) is 14.3. The predicted molar refractivity (Wildman–Crippen MR) is 87.1 cm³/mol. The Labute approximate surface area is 126 Å². The van der Waals surface area contributed by atoms with Gasteiger partial charge in [-0.3, -0.25) is 0 Å². The fourth-order valence-electron chi connectivity index (χ4n) is 2.89. The molecule has 1 fully saturated rings. The zero-order valence-corrected chi connectivity index (χ0v) is 12.2. The van der Waals surface area contributed by atoms with E-state index >= 15 is 0 Å². The average Bonchev–Trinajstić information content (AvgIpc) is 3.06. The summed E-state index contributed by atoms with van der Waals surface area (Å²) in [6, 6.07) is 18.8. The molecule has 2 aromatic carbocycles. The summed E-state index contributed by atoms with van der Waals surface area (Å²) in [5, 5.41) is 4.16. The van der Waals surface area contributed by atoms with Gasteiger partial charge in [0.2, 0.25) is 0 Å². The largest absolute Gasteiger partial charge is 0.391 e. The Kier molecular flexibility index (Phi) is 4.67. The second kappa shape index (κ2) is 7.07. The molecule has 0 aliphatic heterocycles. The van der Waals surface area contributed by atoms with Gasteiger partial charge in [0.1, 0.15) is 6.61 Å². The molecule has 1 aliphatic carbocycles. The van der Waals surface area contributed by atoms with Crippen molar-refractivity contribution < 1.29 is 4.84 Å². The van der Waals surface area contributed by atoms with Gasteiger partial charge < -0.3 is 4.84 Å². The Hall–Kier alpha value is -2.09. The van der Waals surface area contributed by atoms with E-state index in [1.807, 2.05) is 18.3 Å². The molecule has 1 aliphatic rings. The van der Waals surface area contributed by atoms with E-state index in [2.05, 4.69) is 47.6 Å². The van der Waals surface area contributed by atoms with Crippen molar-refractivity contribution in [3.63, 3.8) is 0 Å². The van der Waals surface area contributed by atoms with Gasteiger partial charge >= 0.3 is 0 Å². The molecule has 0 spiro atoms. The smallest absolute Gasteiger partial charge is 0.142 e.